The number of nitrogens with zero attached hydrogens (tertiary/aromatic N) is 1. The molecule has 0 radical (unpaired) electrons. The Morgan fingerprint density at radius 3 is 2.67 bits per heavy atom. The van der Waals surface area contributed by atoms with Crippen molar-refractivity contribution in [3.05, 3.63) is 29.6 Å². The van der Waals surface area contributed by atoms with Crippen LogP contribution < -0.4 is 0 Å². The van der Waals surface area contributed by atoms with E-state index < -0.39 is 12.1 Å². The molecule has 0 aliphatic carbocycles. The van der Waals surface area contributed by atoms with Crippen LogP contribution in [0.25, 0.3) is 0 Å². The van der Waals surface area contributed by atoms with E-state index in [1.165, 1.54) is 12.3 Å². The minimum atomic E-state index is -1.52. The first-order chi connectivity index (χ1) is 5.61. The Hall–Kier alpha value is -1.42. The number of aromatic nitrogens is 1. The highest BCUT2D eigenvalue weighted by Gasteiger charge is 2.16. The van der Waals surface area contributed by atoms with Gasteiger partial charge in [-0.1, -0.05) is 6.07 Å². The van der Waals surface area contributed by atoms with E-state index in [9.17, 15) is 4.79 Å². The average molecular weight is 167 g/mol. The van der Waals surface area contributed by atoms with Gasteiger partial charge in [0, 0.05) is 6.20 Å². The molecule has 0 spiro atoms. The van der Waals surface area contributed by atoms with Crippen LogP contribution in [0.2, 0.25) is 0 Å². The standard InChI is InChI=1S/C8H9NO3/c1-5-2-3-6(9-4-5)7(10)8(11)12/h2-4,7,10H,1H3,(H,11,12). The topological polar surface area (TPSA) is 70.4 Å². The molecule has 0 saturated carbocycles. The van der Waals surface area contributed by atoms with Crippen molar-refractivity contribution in [2.24, 2.45) is 0 Å². The summed E-state index contributed by atoms with van der Waals surface area (Å²) in [5, 5.41) is 17.4. The lowest BCUT2D eigenvalue weighted by Crippen LogP contribution is -2.11. The van der Waals surface area contributed by atoms with Crippen molar-refractivity contribution in [2.45, 2.75) is 13.0 Å². The van der Waals surface area contributed by atoms with Crippen LogP contribution in [0.5, 0.6) is 0 Å². The van der Waals surface area contributed by atoms with Gasteiger partial charge in [0.2, 0.25) is 0 Å². The van der Waals surface area contributed by atoms with E-state index in [-0.39, 0.29) is 5.69 Å². The van der Waals surface area contributed by atoms with Crippen LogP contribution in [0.15, 0.2) is 18.3 Å². The van der Waals surface area contributed by atoms with E-state index in [1.807, 2.05) is 6.92 Å². The third-order valence-corrected chi connectivity index (χ3v) is 1.45. The van der Waals surface area contributed by atoms with Gasteiger partial charge in [0.05, 0.1) is 5.69 Å². The number of aliphatic hydroxyl groups is 1. The zero-order valence-corrected chi connectivity index (χ0v) is 6.56. The van der Waals surface area contributed by atoms with Gasteiger partial charge in [0.15, 0.2) is 6.10 Å². The molecule has 12 heavy (non-hydrogen) atoms. The van der Waals surface area contributed by atoms with Gasteiger partial charge in [-0.25, -0.2) is 4.79 Å². The molecule has 4 heteroatoms. The fraction of sp³-hybridized carbons (Fsp3) is 0.250. The quantitative estimate of drug-likeness (QED) is 0.673. The number of aliphatic carboxylic acids is 1. The minimum absolute atomic E-state index is 0.160. The van der Waals surface area contributed by atoms with Gasteiger partial charge >= 0.3 is 5.97 Å². The molecular weight excluding hydrogens is 158 g/mol. The summed E-state index contributed by atoms with van der Waals surface area (Å²) < 4.78 is 0. The van der Waals surface area contributed by atoms with Crippen molar-refractivity contribution in [3.63, 3.8) is 0 Å². The summed E-state index contributed by atoms with van der Waals surface area (Å²) in [6, 6.07) is 3.20. The maximum absolute atomic E-state index is 10.3. The number of carboxylic acids is 1. The Bertz CT molecular complexity index is 281. The highest BCUT2D eigenvalue weighted by atomic mass is 16.4. The van der Waals surface area contributed by atoms with Gasteiger partial charge in [-0.15, -0.1) is 0 Å². The van der Waals surface area contributed by atoms with Gasteiger partial charge in [0.25, 0.3) is 0 Å². The zero-order chi connectivity index (χ0) is 9.14. The second kappa shape index (κ2) is 3.32. The first-order valence-electron chi connectivity index (χ1n) is 3.44. The normalized spacial score (nSPS) is 12.5. The average Bonchev–Trinajstić information content (AvgIpc) is 2.04. The van der Waals surface area contributed by atoms with Gasteiger partial charge in [-0.05, 0) is 18.6 Å². The lowest BCUT2D eigenvalue weighted by molar-refractivity contribution is -0.147. The van der Waals surface area contributed by atoms with E-state index in [0.717, 1.165) is 5.56 Å². The van der Waals surface area contributed by atoms with Crippen LogP contribution in [-0.2, 0) is 4.79 Å². The molecule has 1 aromatic heterocycles. The third-order valence-electron chi connectivity index (χ3n) is 1.45. The number of hydrogen-bond donors (Lipinski definition) is 2. The summed E-state index contributed by atoms with van der Waals surface area (Å²) in [7, 11) is 0. The van der Waals surface area contributed by atoms with Crippen molar-refractivity contribution in [1.29, 1.82) is 0 Å². The lowest BCUT2D eigenvalue weighted by Gasteiger charge is -2.03. The summed E-state index contributed by atoms with van der Waals surface area (Å²) >= 11 is 0. The maximum atomic E-state index is 10.3. The number of carboxylic acid groups (broad SMARTS) is 1. The third kappa shape index (κ3) is 1.79. The van der Waals surface area contributed by atoms with E-state index in [0.29, 0.717) is 0 Å². The predicted molar refractivity (Wildman–Crippen MR) is 41.6 cm³/mol. The summed E-state index contributed by atoms with van der Waals surface area (Å²) in [5.74, 6) is -1.29. The van der Waals surface area contributed by atoms with Crippen molar-refractivity contribution in [3.8, 4) is 0 Å². The second-order valence-corrected chi connectivity index (χ2v) is 2.50. The number of aryl methyl sites for hydroxylation is 1. The van der Waals surface area contributed by atoms with E-state index in [1.54, 1.807) is 6.07 Å². The van der Waals surface area contributed by atoms with E-state index in [4.69, 9.17) is 10.2 Å². The van der Waals surface area contributed by atoms with Crippen LogP contribution >= 0.6 is 0 Å². The molecule has 1 rings (SSSR count). The molecule has 0 saturated heterocycles. The van der Waals surface area contributed by atoms with Crippen molar-refractivity contribution in [2.75, 3.05) is 0 Å². The van der Waals surface area contributed by atoms with Gasteiger partial charge in [0.1, 0.15) is 0 Å². The summed E-state index contributed by atoms with van der Waals surface area (Å²) in [6.45, 7) is 1.84. The van der Waals surface area contributed by atoms with Crippen LogP contribution in [0.4, 0.5) is 0 Å². The highest BCUT2D eigenvalue weighted by molar-refractivity contribution is 5.73. The van der Waals surface area contributed by atoms with Crippen LogP contribution in [0.3, 0.4) is 0 Å². The maximum Gasteiger partial charge on any atom is 0.338 e. The molecule has 1 unspecified atom stereocenters. The zero-order valence-electron chi connectivity index (χ0n) is 6.56. The molecule has 0 bridgehead atoms. The Kier molecular flexibility index (Phi) is 2.40. The molecule has 2 N–H and O–H groups in total. The SMILES string of the molecule is Cc1ccc(C(O)C(=O)O)nc1. The van der Waals surface area contributed by atoms with Crippen LogP contribution in [-0.4, -0.2) is 21.2 Å². The van der Waals surface area contributed by atoms with Crippen molar-refractivity contribution in [1.82, 2.24) is 4.98 Å². The van der Waals surface area contributed by atoms with Crippen molar-refractivity contribution >= 4 is 5.97 Å². The summed E-state index contributed by atoms with van der Waals surface area (Å²) in [4.78, 5) is 14.1. The first-order valence-corrected chi connectivity index (χ1v) is 3.44. The molecule has 0 fully saturated rings. The Balaban J connectivity index is 2.89. The molecule has 4 nitrogen and oxygen atoms in total. The molecule has 0 aromatic carbocycles. The Morgan fingerprint density at radius 1 is 1.58 bits per heavy atom. The number of aliphatic hydroxyl groups excluding tert-OH is 1. The van der Waals surface area contributed by atoms with Gasteiger partial charge in [-0.2, -0.15) is 0 Å². The first kappa shape index (κ1) is 8.67. The minimum Gasteiger partial charge on any atom is -0.479 e. The molecule has 1 atom stereocenters. The number of pyridine rings is 1. The van der Waals surface area contributed by atoms with Gasteiger partial charge in [-0.3, -0.25) is 4.98 Å². The summed E-state index contributed by atoms with van der Waals surface area (Å²) in [6.07, 6.45) is -0.00722. The lowest BCUT2D eigenvalue weighted by atomic mass is 10.2. The summed E-state index contributed by atoms with van der Waals surface area (Å²) in [5.41, 5.74) is 1.09. The van der Waals surface area contributed by atoms with E-state index in [2.05, 4.69) is 4.98 Å². The largest absolute Gasteiger partial charge is 0.479 e. The number of hydrogen-bond acceptors (Lipinski definition) is 3. The predicted octanol–water partition coefficient (Wildman–Crippen LogP) is 0.508. The Morgan fingerprint density at radius 2 is 2.25 bits per heavy atom. The second-order valence-electron chi connectivity index (χ2n) is 2.50. The molecule has 64 valence electrons. The molecule has 0 aliphatic heterocycles. The number of rotatable bonds is 2. The monoisotopic (exact) mass is 167 g/mol. The fourth-order valence-corrected chi connectivity index (χ4v) is 0.768. The molecular formula is C8H9NO3. The molecule has 1 heterocycles. The van der Waals surface area contributed by atoms with Crippen LogP contribution in [0, 0.1) is 6.92 Å². The molecule has 0 aliphatic rings. The fourth-order valence-electron chi connectivity index (χ4n) is 0.768. The smallest absolute Gasteiger partial charge is 0.338 e. The molecule has 0 amide bonds. The Labute approximate surface area is 69.5 Å². The van der Waals surface area contributed by atoms with E-state index >= 15 is 0 Å². The van der Waals surface area contributed by atoms with Gasteiger partial charge < -0.3 is 10.2 Å². The van der Waals surface area contributed by atoms with Crippen LogP contribution in [0.1, 0.15) is 17.4 Å². The highest BCUT2D eigenvalue weighted by Crippen LogP contribution is 2.09. The van der Waals surface area contributed by atoms with Crippen molar-refractivity contribution < 1.29 is 15.0 Å². The number of carbonyl (C=O) groups is 1. The molecule has 1 aromatic rings.